The molecular weight excluding hydrogens is 278 g/mol. The number of methoxy groups -OCH3 is 1. The van der Waals surface area contributed by atoms with Gasteiger partial charge in [-0.3, -0.25) is 0 Å². The van der Waals surface area contributed by atoms with Crippen molar-refractivity contribution in [2.24, 2.45) is 5.73 Å². The first-order valence-electron chi connectivity index (χ1n) is 5.90. The number of ether oxygens (including phenoxy) is 1. The smallest absolute Gasteiger partial charge is 0.279 e. The van der Waals surface area contributed by atoms with Gasteiger partial charge in [0.05, 0.1) is 6.61 Å². The molecule has 0 rings (SSSR count). The molecule has 18 heavy (non-hydrogen) atoms. The maximum Gasteiger partial charge on any atom is 0.279 e. The number of nitrogens with one attached hydrogen (secondary N) is 1. The van der Waals surface area contributed by atoms with Gasteiger partial charge in [0.25, 0.3) is 10.2 Å². The molecule has 8 heteroatoms. The van der Waals surface area contributed by atoms with Crippen LogP contribution in [-0.4, -0.2) is 52.6 Å². The van der Waals surface area contributed by atoms with Crippen LogP contribution in [0.4, 0.5) is 0 Å². The van der Waals surface area contributed by atoms with E-state index >= 15 is 0 Å². The van der Waals surface area contributed by atoms with Gasteiger partial charge in [-0.1, -0.05) is 19.8 Å². The van der Waals surface area contributed by atoms with Crippen molar-refractivity contribution < 1.29 is 13.2 Å². The van der Waals surface area contributed by atoms with Crippen molar-refractivity contribution in [3.63, 3.8) is 0 Å². The molecule has 0 aliphatic carbocycles. The van der Waals surface area contributed by atoms with E-state index in [1.54, 1.807) is 0 Å². The molecule has 0 spiro atoms. The van der Waals surface area contributed by atoms with E-state index in [0.29, 0.717) is 19.7 Å². The van der Waals surface area contributed by atoms with Gasteiger partial charge in [0, 0.05) is 33.3 Å². The molecule has 0 saturated heterocycles. The Kier molecular flexibility index (Phi) is 12.4. The highest BCUT2D eigenvalue weighted by atomic mass is 35.5. The fourth-order valence-electron chi connectivity index (χ4n) is 1.32. The van der Waals surface area contributed by atoms with Gasteiger partial charge in [-0.15, -0.1) is 12.4 Å². The van der Waals surface area contributed by atoms with Gasteiger partial charge in [0.2, 0.25) is 0 Å². The van der Waals surface area contributed by atoms with Crippen molar-refractivity contribution in [1.29, 1.82) is 0 Å². The van der Waals surface area contributed by atoms with Crippen molar-refractivity contribution in [2.45, 2.75) is 32.2 Å². The SMILES string of the molecule is CCCCC(CN)NS(=O)(=O)N(C)CCOC.Cl. The first kappa shape index (κ1) is 20.4. The van der Waals surface area contributed by atoms with Gasteiger partial charge >= 0.3 is 0 Å². The quantitative estimate of drug-likeness (QED) is 0.609. The van der Waals surface area contributed by atoms with Crippen LogP contribution >= 0.6 is 12.4 Å². The predicted octanol–water partition coefficient (Wildman–Crippen LogP) is 0.338. The number of hydrogen-bond acceptors (Lipinski definition) is 4. The minimum atomic E-state index is -3.45. The van der Waals surface area contributed by atoms with Crippen LogP contribution in [0.25, 0.3) is 0 Å². The van der Waals surface area contributed by atoms with Crippen molar-refractivity contribution in [3.05, 3.63) is 0 Å². The summed E-state index contributed by atoms with van der Waals surface area (Å²) >= 11 is 0. The zero-order valence-electron chi connectivity index (χ0n) is 11.4. The summed E-state index contributed by atoms with van der Waals surface area (Å²) in [6.45, 7) is 3.08. The van der Waals surface area contributed by atoms with Gasteiger partial charge in [-0.05, 0) is 6.42 Å². The van der Waals surface area contributed by atoms with E-state index in [2.05, 4.69) is 11.6 Å². The summed E-state index contributed by atoms with van der Waals surface area (Å²) < 4.78 is 32.4. The lowest BCUT2D eigenvalue weighted by Crippen LogP contribution is -2.47. The van der Waals surface area contributed by atoms with Crippen molar-refractivity contribution >= 4 is 22.6 Å². The number of rotatable bonds is 10. The highest BCUT2D eigenvalue weighted by molar-refractivity contribution is 7.87. The molecule has 0 aromatic rings. The van der Waals surface area contributed by atoms with E-state index in [1.807, 2.05) is 0 Å². The van der Waals surface area contributed by atoms with Crippen LogP contribution in [0, 0.1) is 0 Å². The number of nitrogens with two attached hydrogens (primary N) is 1. The molecular formula is C10H26ClN3O3S. The number of likely N-dealkylation sites (N-methyl/N-ethyl adjacent to an activating group) is 1. The molecule has 112 valence electrons. The van der Waals surface area contributed by atoms with E-state index < -0.39 is 10.2 Å². The van der Waals surface area contributed by atoms with Crippen molar-refractivity contribution in [2.75, 3.05) is 33.9 Å². The highest BCUT2D eigenvalue weighted by Crippen LogP contribution is 2.03. The van der Waals surface area contributed by atoms with Crippen LogP contribution in [0.5, 0.6) is 0 Å². The Bertz CT molecular complexity index is 288. The Balaban J connectivity index is 0. The minimum Gasteiger partial charge on any atom is -0.383 e. The molecule has 6 nitrogen and oxygen atoms in total. The largest absolute Gasteiger partial charge is 0.383 e. The van der Waals surface area contributed by atoms with Gasteiger partial charge in [-0.25, -0.2) is 0 Å². The second-order valence-electron chi connectivity index (χ2n) is 4.01. The van der Waals surface area contributed by atoms with Gasteiger partial charge in [0.1, 0.15) is 0 Å². The number of unbranched alkanes of at least 4 members (excludes halogenated alkanes) is 1. The summed E-state index contributed by atoms with van der Waals surface area (Å²) in [4.78, 5) is 0. The Morgan fingerprint density at radius 2 is 2.06 bits per heavy atom. The molecule has 0 aromatic carbocycles. The number of nitrogens with zero attached hydrogens (tertiary/aromatic N) is 1. The van der Waals surface area contributed by atoms with E-state index in [-0.39, 0.29) is 18.4 Å². The number of halogens is 1. The third-order valence-electron chi connectivity index (χ3n) is 2.53. The summed E-state index contributed by atoms with van der Waals surface area (Å²) in [6, 6.07) is -0.190. The second kappa shape index (κ2) is 11.0. The summed E-state index contributed by atoms with van der Waals surface area (Å²) in [7, 11) is -0.389. The van der Waals surface area contributed by atoms with Crippen molar-refractivity contribution in [3.8, 4) is 0 Å². The number of hydrogen-bond donors (Lipinski definition) is 2. The summed E-state index contributed by atoms with van der Waals surface area (Å²) in [5.74, 6) is 0. The lowest BCUT2D eigenvalue weighted by Gasteiger charge is -2.22. The average Bonchev–Trinajstić information content (AvgIpc) is 2.31. The minimum absolute atomic E-state index is 0. The Morgan fingerprint density at radius 1 is 1.44 bits per heavy atom. The predicted molar refractivity (Wildman–Crippen MR) is 76.2 cm³/mol. The third kappa shape index (κ3) is 8.23. The van der Waals surface area contributed by atoms with E-state index in [4.69, 9.17) is 10.5 Å². The average molecular weight is 304 g/mol. The zero-order chi connectivity index (χ0) is 13.3. The fourth-order valence-corrected chi connectivity index (χ4v) is 2.45. The third-order valence-corrected chi connectivity index (χ3v) is 4.16. The standard InChI is InChI=1S/C10H25N3O3S.ClH/c1-4-5-6-10(9-11)12-17(14,15)13(2)7-8-16-3;/h10,12H,4-9,11H2,1-3H3;1H. The van der Waals surface area contributed by atoms with Gasteiger partial charge in [0.15, 0.2) is 0 Å². The zero-order valence-corrected chi connectivity index (χ0v) is 13.0. The Hall–Kier alpha value is 0.0800. The van der Waals surface area contributed by atoms with Crippen LogP contribution in [0.1, 0.15) is 26.2 Å². The first-order chi connectivity index (χ1) is 7.97. The molecule has 0 amide bonds. The normalized spacial score (nSPS) is 13.4. The molecule has 0 radical (unpaired) electrons. The van der Waals surface area contributed by atoms with Crippen LogP contribution in [0.2, 0.25) is 0 Å². The molecule has 0 bridgehead atoms. The van der Waals surface area contributed by atoms with E-state index in [0.717, 1.165) is 19.3 Å². The van der Waals surface area contributed by atoms with Crippen LogP contribution in [0.15, 0.2) is 0 Å². The molecule has 0 aromatic heterocycles. The molecule has 0 heterocycles. The van der Waals surface area contributed by atoms with Crippen LogP contribution in [-0.2, 0) is 14.9 Å². The summed E-state index contributed by atoms with van der Waals surface area (Å²) in [5.41, 5.74) is 5.55. The molecule has 0 aliphatic heterocycles. The molecule has 1 atom stereocenters. The van der Waals surface area contributed by atoms with Crippen LogP contribution in [0.3, 0.4) is 0 Å². The van der Waals surface area contributed by atoms with Gasteiger partial charge in [-0.2, -0.15) is 17.4 Å². The second-order valence-corrected chi connectivity index (χ2v) is 5.82. The lowest BCUT2D eigenvalue weighted by molar-refractivity contribution is 0.184. The molecule has 0 saturated carbocycles. The monoisotopic (exact) mass is 303 g/mol. The Labute approximate surface area is 117 Å². The van der Waals surface area contributed by atoms with Crippen LogP contribution < -0.4 is 10.5 Å². The summed E-state index contributed by atoms with van der Waals surface area (Å²) in [6.07, 6.45) is 2.76. The topological polar surface area (TPSA) is 84.7 Å². The molecule has 3 N–H and O–H groups in total. The maximum absolute atomic E-state index is 11.9. The maximum atomic E-state index is 11.9. The molecule has 0 aliphatic rings. The molecule has 0 fully saturated rings. The first-order valence-corrected chi connectivity index (χ1v) is 7.34. The van der Waals surface area contributed by atoms with Crippen molar-refractivity contribution in [1.82, 2.24) is 9.03 Å². The van der Waals surface area contributed by atoms with Gasteiger partial charge < -0.3 is 10.5 Å². The van der Waals surface area contributed by atoms with E-state index in [9.17, 15) is 8.42 Å². The Morgan fingerprint density at radius 3 is 2.50 bits per heavy atom. The lowest BCUT2D eigenvalue weighted by atomic mass is 10.1. The highest BCUT2D eigenvalue weighted by Gasteiger charge is 2.20. The fraction of sp³-hybridized carbons (Fsp3) is 1.00. The summed E-state index contributed by atoms with van der Waals surface area (Å²) in [5, 5.41) is 0. The van der Waals surface area contributed by atoms with E-state index in [1.165, 1.54) is 18.5 Å². The molecule has 1 unspecified atom stereocenters.